The van der Waals surface area contributed by atoms with Gasteiger partial charge in [0.15, 0.2) is 5.65 Å². The third-order valence-electron chi connectivity index (χ3n) is 5.70. The van der Waals surface area contributed by atoms with Crippen LogP contribution >= 0.6 is 0 Å². The number of rotatable bonds is 4. The molecule has 3 aromatic rings. The molecule has 5 nitrogen and oxygen atoms in total. The molecule has 1 aliphatic heterocycles. The smallest absolute Gasteiger partial charge is 0.223 e. The number of hydrogen-bond acceptors (Lipinski definition) is 3. The van der Waals surface area contributed by atoms with Crippen LogP contribution in [-0.2, 0) is 11.2 Å². The van der Waals surface area contributed by atoms with Gasteiger partial charge < -0.3 is 4.90 Å². The lowest BCUT2D eigenvalue weighted by molar-refractivity contribution is -0.132. The van der Waals surface area contributed by atoms with Crippen LogP contribution in [0.25, 0.3) is 5.65 Å². The second kappa shape index (κ2) is 7.34. The standard InChI is InChI=1S/C22H25FN4O/c1-14-13-21-24-15(2)19(16(3)27(21)25-14)10-11-22(28)26-12-4-5-20(26)17-6-8-18(23)9-7-17/h6-9,13,20H,4-5,10-12H2,1-3H3. The van der Waals surface area contributed by atoms with E-state index in [1.165, 1.54) is 12.1 Å². The van der Waals surface area contributed by atoms with Crippen molar-refractivity contribution in [3.05, 3.63) is 64.4 Å². The summed E-state index contributed by atoms with van der Waals surface area (Å²) >= 11 is 0. The number of likely N-dealkylation sites (tertiary alicyclic amines) is 1. The fraction of sp³-hybridized carbons (Fsp3) is 0.409. The molecule has 0 radical (unpaired) electrons. The van der Waals surface area contributed by atoms with Crippen molar-refractivity contribution in [1.29, 1.82) is 0 Å². The zero-order valence-corrected chi connectivity index (χ0v) is 16.6. The van der Waals surface area contributed by atoms with Gasteiger partial charge in [0.1, 0.15) is 5.82 Å². The minimum absolute atomic E-state index is 0.0460. The predicted octanol–water partition coefficient (Wildman–Crippen LogP) is 4.09. The molecule has 1 aliphatic rings. The van der Waals surface area contributed by atoms with E-state index >= 15 is 0 Å². The Balaban J connectivity index is 1.51. The average Bonchev–Trinajstić information content (AvgIpc) is 3.28. The molecule has 6 heteroatoms. The largest absolute Gasteiger partial charge is 0.336 e. The first kappa shape index (κ1) is 18.6. The summed E-state index contributed by atoms with van der Waals surface area (Å²) in [5.41, 5.74) is 5.87. The number of aromatic nitrogens is 3. The maximum Gasteiger partial charge on any atom is 0.223 e. The molecule has 1 saturated heterocycles. The maximum atomic E-state index is 13.2. The lowest BCUT2D eigenvalue weighted by Crippen LogP contribution is -2.30. The van der Waals surface area contributed by atoms with Gasteiger partial charge in [0.25, 0.3) is 0 Å². The second-order valence-electron chi connectivity index (χ2n) is 7.61. The molecule has 0 spiro atoms. The number of amides is 1. The van der Waals surface area contributed by atoms with Crippen molar-refractivity contribution in [2.45, 2.75) is 52.5 Å². The van der Waals surface area contributed by atoms with Gasteiger partial charge in [-0.15, -0.1) is 0 Å². The van der Waals surface area contributed by atoms with Crippen LogP contribution in [0.3, 0.4) is 0 Å². The maximum absolute atomic E-state index is 13.2. The zero-order chi connectivity index (χ0) is 19.8. The van der Waals surface area contributed by atoms with Crippen LogP contribution in [-0.4, -0.2) is 31.9 Å². The second-order valence-corrected chi connectivity index (χ2v) is 7.61. The summed E-state index contributed by atoms with van der Waals surface area (Å²) in [6.45, 7) is 6.74. The van der Waals surface area contributed by atoms with E-state index in [0.29, 0.717) is 12.8 Å². The Bertz CT molecular complexity index is 1030. The van der Waals surface area contributed by atoms with Gasteiger partial charge in [0.05, 0.1) is 11.7 Å². The topological polar surface area (TPSA) is 50.5 Å². The highest BCUT2D eigenvalue weighted by atomic mass is 19.1. The summed E-state index contributed by atoms with van der Waals surface area (Å²) in [5, 5.41) is 4.51. The van der Waals surface area contributed by atoms with Crippen LogP contribution in [0.1, 0.15) is 53.5 Å². The van der Waals surface area contributed by atoms with Crippen molar-refractivity contribution in [3.8, 4) is 0 Å². The van der Waals surface area contributed by atoms with E-state index in [1.807, 2.05) is 36.3 Å². The Hall–Kier alpha value is -2.76. The van der Waals surface area contributed by atoms with E-state index in [4.69, 9.17) is 0 Å². The highest BCUT2D eigenvalue weighted by Crippen LogP contribution is 2.32. The van der Waals surface area contributed by atoms with E-state index in [2.05, 4.69) is 10.1 Å². The van der Waals surface area contributed by atoms with E-state index in [-0.39, 0.29) is 17.8 Å². The van der Waals surface area contributed by atoms with E-state index < -0.39 is 0 Å². The van der Waals surface area contributed by atoms with Crippen molar-refractivity contribution >= 4 is 11.6 Å². The van der Waals surface area contributed by atoms with Gasteiger partial charge in [0, 0.05) is 30.4 Å². The van der Waals surface area contributed by atoms with E-state index in [1.54, 1.807) is 12.1 Å². The van der Waals surface area contributed by atoms with Gasteiger partial charge in [-0.05, 0) is 63.3 Å². The van der Waals surface area contributed by atoms with Crippen LogP contribution in [0.5, 0.6) is 0 Å². The Labute approximate surface area is 164 Å². The lowest BCUT2D eigenvalue weighted by Gasteiger charge is -2.25. The summed E-state index contributed by atoms with van der Waals surface area (Å²) in [6, 6.07) is 8.53. The molecule has 1 fully saturated rings. The molecular weight excluding hydrogens is 355 g/mol. The molecule has 0 saturated carbocycles. The first-order valence-corrected chi connectivity index (χ1v) is 9.81. The van der Waals surface area contributed by atoms with Crippen molar-refractivity contribution < 1.29 is 9.18 Å². The Morgan fingerprint density at radius 1 is 1.21 bits per heavy atom. The Morgan fingerprint density at radius 3 is 2.71 bits per heavy atom. The van der Waals surface area contributed by atoms with Crippen LogP contribution in [0.4, 0.5) is 4.39 Å². The summed E-state index contributed by atoms with van der Waals surface area (Å²) < 4.78 is 15.1. The normalized spacial score (nSPS) is 16.9. The molecule has 1 aromatic carbocycles. The molecule has 0 bridgehead atoms. The molecule has 1 atom stereocenters. The van der Waals surface area contributed by atoms with Crippen LogP contribution in [0.2, 0.25) is 0 Å². The van der Waals surface area contributed by atoms with Crippen molar-refractivity contribution in [3.63, 3.8) is 0 Å². The Morgan fingerprint density at radius 2 is 1.96 bits per heavy atom. The number of halogens is 1. The molecule has 3 heterocycles. The molecule has 1 amide bonds. The highest BCUT2D eigenvalue weighted by Gasteiger charge is 2.29. The van der Waals surface area contributed by atoms with E-state index in [9.17, 15) is 9.18 Å². The first-order chi connectivity index (χ1) is 13.4. The Kier molecular flexibility index (Phi) is 4.87. The zero-order valence-electron chi connectivity index (χ0n) is 16.6. The predicted molar refractivity (Wildman–Crippen MR) is 106 cm³/mol. The lowest BCUT2D eigenvalue weighted by atomic mass is 10.0. The number of benzene rings is 1. The molecule has 0 N–H and O–H groups in total. The number of nitrogens with zero attached hydrogens (tertiary/aromatic N) is 4. The quantitative estimate of drug-likeness (QED) is 0.685. The summed E-state index contributed by atoms with van der Waals surface area (Å²) in [6.07, 6.45) is 2.99. The minimum Gasteiger partial charge on any atom is -0.336 e. The number of fused-ring (bicyclic) bond motifs is 1. The van der Waals surface area contributed by atoms with Crippen molar-refractivity contribution in [2.24, 2.45) is 0 Å². The molecule has 28 heavy (non-hydrogen) atoms. The van der Waals surface area contributed by atoms with Crippen molar-refractivity contribution in [1.82, 2.24) is 19.5 Å². The van der Waals surface area contributed by atoms with Gasteiger partial charge in [-0.3, -0.25) is 4.79 Å². The number of carbonyl (C=O) groups excluding carboxylic acids is 1. The van der Waals surface area contributed by atoms with Gasteiger partial charge in [-0.25, -0.2) is 13.9 Å². The monoisotopic (exact) mass is 380 g/mol. The van der Waals surface area contributed by atoms with Gasteiger partial charge in [-0.2, -0.15) is 5.10 Å². The molecule has 146 valence electrons. The number of carbonyl (C=O) groups is 1. The van der Waals surface area contributed by atoms with Crippen LogP contribution < -0.4 is 0 Å². The van der Waals surface area contributed by atoms with Gasteiger partial charge in [-0.1, -0.05) is 12.1 Å². The summed E-state index contributed by atoms with van der Waals surface area (Å²) in [7, 11) is 0. The molecule has 2 aromatic heterocycles. The average molecular weight is 380 g/mol. The highest BCUT2D eigenvalue weighted by molar-refractivity contribution is 5.77. The summed E-state index contributed by atoms with van der Waals surface area (Å²) in [4.78, 5) is 19.6. The molecular formula is C22H25FN4O. The minimum atomic E-state index is -0.248. The van der Waals surface area contributed by atoms with Crippen LogP contribution in [0, 0.1) is 26.6 Å². The SMILES string of the molecule is Cc1cc2nc(C)c(CCC(=O)N3CCCC3c3ccc(F)cc3)c(C)n2n1. The van der Waals surface area contributed by atoms with Crippen molar-refractivity contribution in [2.75, 3.05) is 6.54 Å². The molecule has 4 rings (SSSR count). The number of aryl methyl sites for hydroxylation is 3. The number of hydrogen-bond donors (Lipinski definition) is 0. The summed E-state index contributed by atoms with van der Waals surface area (Å²) in [5.74, 6) is -0.107. The third-order valence-corrected chi connectivity index (χ3v) is 5.70. The first-order valence-electron chi connectivity index (χ1n) is 9.81. The van der Waals surface area contributed by atoms with Crippen LogP contribution in [0.15, 0.2) is 30.3 Å². The van der Waals surface area contributed by atoms with Gasteiger partial charge in [0.2, 0.25) is 5.91 Å². The molecule has 1 unspecified atom stereocenters. The fourth-order valence-corrected chi connectivity index (χ4v) is 4.28. The van der Waals surface area contributed by atoms with Gasteiger partial charge >= 0.3 is 0 Å². The molecule has 0 aliphatic carbocycles. The fourth-order valence-electron chi connectivity index (χ4n) is 4.28. The van der Waals surface area contributed by atoms with E-state index in [0.717, 1.165) is 53.2 Å². The third kappa shape index (κ3) is 3.39.